The molecule has 0 atom stereocenters. The van der Waals surface area contributed by atoms with E-state index < -0.39 is 14.9 Å². The van der Waals surface area contributed by atoms with E-state index in [1.165, 1.54) is 47.6 Å². The average molecular weight is 471 g/mol. The van der Waals surface area contributed by atoms with Crippen LogP contribution in [0.15, 0.2) is 59.6 Å². The summed E-state index contributed by atoms with van der Waals surface area (Å²) in [6.07, 6.45) is 1.71. The Labute approximate surface area is 190 Å². The van der Waals surface area contributed by atoms with Crippen LogP contribution >= 0.6 is 0 Å². The van der Waals surface area contributed by atoms with Crippen molar-refractivity contribution >= 4 is 38.3 Å². The van der Waals surface area contributed by atoms with Crippen LogP contribution in [0.3, 0.4) is 0 Å². The zero-order chi connectivity index (χ0) is 23.8. The summed E-state index contributed by atoms with van der Waals surface area (Å²) >= 11 is 0. The van der Waals surface area contributed by atoms with Gasteiger partial charge in [0.05, 0.1) is 9.82 Å². The lowest BCUT2D eigenvalue weighted by Gasteiger charge is -2.34. The molecule has 2 heterocycles. The number of aromatic nitrogens is 1. The first-order chi connectivity index (χ1) is 15.7. The van der Waals surface area contributed by atoms with Gasteiger partial charge in [0.25, 0.3) is 5.69 Å². The van der Waals surface area contributed by atoms with Crippen molar-refractivity contribution in [2.45, 2.75) is 18.4 Å². The van der Waals surface area contributed by atoms with Crippen LogP contribution in [0.5, 0.6) is 0 Å². The van der Waals surface area contributed by atoms with Gasteiger partial charge in [-0.25, -0.2) is 8.42 Å². The predicted octanol–water partition coefficient (Wildman–Crippen LogP) is 2.29. The zero-order valence-corrected chi connectivity index (χ0v) is 18.7. The largest absolute Gasteiger partial charge is 0.339 e. The highest BCUT2D eigenvalue weighted by Crippen LogP contribution is 2.23. The number of nitro benzene ring substituents is 1. The fourth-order valence-electron chi connectivity index (χ4n) is 3.87. The van der Waals surface area contributed by atoms with E-state index in [1.807, 2.05) is 0 Å². The Morgan fingerprint density at radius 2 is 1.67 bits per heavy atom. The van der Waals surface area contributed by atoms with Gasteiger partial charge in [-0.3, -0.25) is 19.7 Å². The first-order valence-electron chi connectivity index (χ1n) is 10.3. The molecule has 1 aliphatic heterocycles. The molecule has 1 saturated heterocycles. The molecule has 0 spiro atoms. The van der Waals surface area contributed by atoms with Crippen molar-refractivity contribution in [3.63, 3.8) is 0 Å². The number of Topliss-reactive ketones (excluding diaryl/α,β-unsaturated/α-hetero) is 1. The van der Waals surface area contributed by atoms with Crippen molar-refractivity contribution < 1.29 is 22.9 Å². The van der Waals surface area contributed by atoms with Crippen molar-refractivity contribution in [2.75, 3.05) is 26.2 Å². The first kappa shape index (κ1) is 22.6. The summed E-state index contributed by atoms with van der Waals surface area (Å²) in [4.78, 5) is 36.4. The number of non-ortho nitro benzene ring substituents is 1. The van der Waals surface area contributed by atoms with Crippen LogP contribution in [0.2, 0.25) is 0 Å². The molecule has 1 amide bonds. The van der Waals surface area contributed by atoms with Crippen LogP contribution in [0, 0.1) is 10.1 Å². The molecule has 0 N–H and O–H groups in total. The Morgan fingerprint density at radius 3 is 2.27 bits per heavy atom. The number of nitro groups is 1. The molecule has 2 aromatic carbocycles. The third-order valence-corrected chi connectivity index (χ3v) is 7.67. The second kappa shape index (κ2) is 8.75. The number of amides is 1. The zero-order valence-electron chi connectivity index (χ0n) is 17.9. The summed E-state index contributed by atoms with van der Waals surface area (Å²) in [5.41, 5.74) is 1.14. The van der Waals surface area contributed by atoms with Gasteiger partial charge in [-0.05, 0) is 31.2 Å². The average Bonchev–Trinajstić information content (AvgIpc) is 3.21. The number of hydrogen-bond donors (Lipinski definition) is 0. The van der Waals surface area contributed by atoms with Crippen LogP contribution in [-0.4, -0.2) is 65.0 Å². The molecule has 1 aromatic heterocycles. The SMILES string of the molecule is CC(=O)c1ccc(S(=O)(=O)N2CCN(C(=O)Cn3ccc4cc([N+](=O)[O-])ccc43)CC2)cc1. The van der Waals surface area contributed by atoms with Crippen LogP contribution in [0.25, 0.3) is 10.9 Å². The first-order valence-corrected chi connectivity index (χ1v) is 11.7. The van der Waals surface area contributed by atoms with Crippen molar-refractivity contribution in [2.24, 2.45) is 0 Å². The summed E-state index contributed by atoms with van der Waals surface area (Å²) < 4.78 is 28.9. The van der Waals surface area contributed by atoms with Gasteiger partial charge in [-0.2, -0.15) is 4.31 Å². The highest BCUT2D eigenvalue weighted by atomic mass is 32.2. The van der Waals surface area contributed by atoms with E-state index in [0.29, 0.717) is 16.5 Å². The van der Waals surface area contributed by atoms with Gasteiger partial charge in [-0.1, -0.05) is 12.1 Å². The number of carbonyl (C=O) groups excluding carboxylic acids is 2. The molecule has 1 fully saturated rings. The third-order valence-electron chi connectivity index (χ3n) is 5.76. The minimum atomic E-state index is -3.72. The van der Waals surface area contributed by atoms with Crippen molar-refractivity contribution in [1.82, 2.24) is 13.8 Å². The molecule has 4 rings (SSSR count). The highest BCUT2D eigenvalue weighted by Gasteiger charge is 2.30. The molecule has 10 nitrogen and oxygen atoms in total. The minimum Gasteiger partial charge on any atom is -0.339 e. The number of piperazine rings is 1. The van der Waals surface area contributed by atoms with E-state index in [0.717, 1.165) is 0 Å². The van der Waals surface area contributed by atoms with Crippen LogP contribution in [0.4, 0.5) is 5.69 Å². The van der Waals surface area contributed by atoms with Crippen LogP contribution < -0.4 is 0 Å². The molecule has 11 heteroatoms. The smallest absolute Gasteiger partial charge is 0.270 e. The van der Waals surface area contributed by atoms with Gasteiger partial charge < -0.3 is 9.47 Å². The van der Waals surface area contributed by atoms with Gasteiger partial charge in [0.1, 0.15) is 6.54 Å². The molecular weight excluding hydrogens is 448 g/mol. The Hall–Kier alpha value is -3.57. The number of sulfonamides is 1. The fraction of sp³-hybridized carbons (Fsp3) is 0.273. The molecule has 1 aliphatic rings. The van der Waals surface area contributed by atoms with Crippen molar-refractivity contribution in [1.29, 1.82) is 0 Å². The number of benzene rings is 2. The maximum absolute atomic E-state index is 12.9. The Morgan fingerprint density at radius 1 is 1.00 bits per heavy atom. The van der Waals surface area contributed by atoms with E-state index in [9.17, 15) is 28.1 Å². The molecule has 0 unspecified atom stereocenters. The van der Waals surface area contributed by atoms with Crippen molar-refractivity contribution in [3.8, 4) is 0 Å². The molecule has 0 bridgehead atoms. The quantitative estimate of drug-likeness (QED) is 0.309. The molecule has 172 valence electrons. The summed E-state index contributed by atoms with van der Waals surface area (Å²) in [6, 6.07) is 12.0. The Balaban J connectivity index is 1.40. The Kier molecular flexibility index (Phi) is 6.00. The van der Waals surface area contributed by atoms with Gasteiger partial charge in [0, 0.05) is 61.0 Å². The minimum absolute atomic E-state index is 0.0140. The topological polar surface area (TPSA) is 123 Å². The van der Waals surface area contributed by atoms with Gasteiger partial charge in [0.15, 0.2) is 5.78 Å². The number of ketones is 1. The monoisotopic (exact) mass is 470 g/mol. The maximum atomic E-state index is 12.9. The number of fused-ring (bicyclic) bond motifs is 1. The second-order valence-electron chi connectivity index (χ2n) is 7.81. The van der Waals surface area contributed by atoms with E-state index in [2.05, 4.69) is 0 Å². The highest BCUT2D eigenvalue weighted by molar-refractivity contribution is 7.89. The van der Waals surface area contributed by atoms with Gasteiger partial charge >= 0.3 is 0 Å². The lowest BCUT2D eigenvalue weighted by atomic mass is 10.2. The van der Waals surface area contributed by atoms with E-state index in [1.54, 1.807) is 27.8 Å². The van der Waals surface area contributed by atoms with E-state index in [4.69, 9.17) is 0 Å². The Bertz CT molecular complexity index is 1340. The molecular formula is C22H22N4O6S. The molecule has 33 heavy (non-hydrogen) atoms. The normalized spacial score (nSPS) is 15.0. The lowest BCUT2D eigenvalue weighted by Crippen LogP contribution is -2.51. The number of nitrogens with zero attached hydrogens (tertiary/aromatic N) is 4. The predicted molar refractivity (Wildman–Crippen MR) is 120 cm³/mol. The maximum Gasteiger partial charge on any atom is 0.270 e. The van der Waals surface area contributed by atoms with Crippen LogP contribution in [0.1, 0.15) is 17.3 Å². The molecule has 0 radical (unpaired) electrons. The summed E-state index contributed by atoms with van der Waals surface area (Å²) in [7, 11) is -3.72. The fourth-order valence-corrected chi connectivity index (χ4v) is 5.30. The third kappa shape index (κ3) is 4.50. The summed E-state index contributed by atoms with van der Waals surface area (Å²) in [5, 5.41) is 11.6. The second-order valence-corrected chi connectivity index (χ2v) is 9.75. The summed E-state index contributed by atoms with van der Waals surface area (Å²) in [6.45, 7) is 2.32. The van der Waals surface area contributed by atoms with Crippen LogP contribution in [-0.2, 0) is 21.4 Å². The summed E-state index contributed by atoms with van der Waals surface area (Å²) in [5.74, 6) is -0.298. The van der Waals surface area contributed by atoms with Gasteiger partial charge in [0.2, 0.25) is 15.9 Å². The molecule has 0 aliphatic carbocycles. The van der Waals surface area contributed by atoms with Gasteiger partial charge in [-0.15, -0.1) is 0 Å². The molecule has 3 aromatic rings. The number of rotatable bonds is 6. The van der Waals surface area contributed by atoms with Crippen molar-refractivity contribution in [3.05, 3.63) is 70.4 Å². The molecule has 0 saturated carbocycles. The standard InChI is InChI=1S/C22H22N4O6S/c1-16(27)17-2-5-20(6-3-17)33(31,32)25-12-10-23(11-13-25)22(28)15-24-9-8-18-14-19(26(29)30)4-7-21(18)24/h2-9,14H,10-13,15H2,1H3. The number of carbonyl (C=O) groups is 2. The number of hydrogen-bond acceptors (Lipinski definition) is 6. The van der Waals surface area contributed by atoms with E-state index >= 15 is 0 Å². The van der Waals surface area contributed by atoms with E-state index in [-0.39, 0.29) is 55.0 Å². The lowest BCUT2D eigenvalue weighted by molar-refractivity contribution is -0.384.